The highest BCUT2D eigenvalue weighted by atomic mass is 16.3. The first-order valence-electron chi connectivity index (χ1n) is 5.63. The van der Waals surface area contributed by atoms with Crippen molar-refractivity contribution in [2.24, 2.45) is 0 Å². The Hall–Kier alpha value is -2.20. The molecule has 1 aromatic heterocycles. The quantitative estimate of drug-likeness (QED) is 0.809. The van der Waals surface area contributed by atoms with Crippen molar-refractivity contribution in [1.29, 1.82) is 0 Å². The SMILES string of the molecule is CC(=O)c1cccc(Nc2ncccc2CO)c1. The molecule has 0 amide bonds. The molecule has 0 saturated heterocycles. The maximum Gasteiger partial charge on any atom is 0.159 e. The Morgan fingerprint density at radius 2 is 2.17 bits per heavy atom. The van der Waals surface area contributed by atoms with E-state index in [-0.39, 0.29) is 12.4 Å². The van der Waals surface area contributed by atoms with E-state index in [1.807, 2.05) is 6.07 Å². The van der Waals surface area contributed by atoms with Gasteiger partial charge in [-0.25, -0.2) is 4.98 Å². The first kappa shape index (κ1) is 12.3. The third-order valence-corrected chi connectivity index (χ3v) is 2.59. The fourth-order valence-electron chi connectivity index (χ4n) is 1.63. The van der Waals surface area contributed by atoms with Crippen LogP contribution in [0.25, 0.3) is 0 Å². The molecule has 2 aromatic rings. The lowest BCUT2D eigenvalue weighted by Crippen LogP contribution is -2.00. The molecule has 0 radical (unpaired) electrons. The largest absolute Gasteiger partial charge is 0.392 e. The van der Waals surface area contributed by atoms with Crippen molar-refractivity contribution in [3.05, 3.63) is 53.7 Å². The molecule has 0 aliphatic rings. The number of ketones is 1. The fraction of sp³-hybridized carbons (Fsp3) is 0.143. The Morgan fingerprint density at radius 3 is 2.89 bits per heavy atom. The summed E-state index contributed by atoms with van der Waals surface area (Å²) in [5, 5.41) is 12.3. The van der Waals surface area contributed by atoms with Crippen LogP contribution in [0, 0.1) is 0 Å². The topological polar surface area (TPSA) is 62.2 Å². The van der Waals surface area contributed by atoms with E-state index in [2.05, 4.69) is 10.3 Å². The average molecular weight is 242 g/mol. The molecule has 18 heavy (non-hydrogen) atoms. The molecule has 1 heterocycles. The summed E-state index contributed by atoms with van der Waals surface area (Å²) in [5.74, 6) is 0.614. The molecule has 0 fully saturated rings. The van der Waals surface area contributed by atoms with Gasteiger partial charge in [-0.3, -0.25) is 4.79 Å². The zero-order chi connectivity index (χ0) is 13.0. The monoisotopic (exact) mass is 242 g/mol. The number of aromatic nitrogens is 1. The van der Waals surface area contributed by atoms with E-state index in [9.17, 15) is 9.90 Å². The number of Topliss-reactive ketones (excluding diaryl/α,β-unsaturated/α-hetero) is 1. The van der Waals surface area contributed by atoms with Crippen molar-refractivity contribution in [2.75, 3.05) is 5.32 Å². The minimum atomic E-state index is -0.0808. The molecule has 4 nitrogen and oxygen atoms in total. The second kappa shape index (κ2) is 5.42. The molecule has 0 spiro atoms. The normalized spacial score (nSPS) is 10.1. The van der Waals surface area contributed by atoms with Crippen LogP contribution in [-0.4, -0.2) is 15.9 Å². The van der Waals surface area contributed by atoms with Gasteiger partial charge in [-0.1, -0.05) is 18.2 Å². The van der Waals surface area contributed by atoms with Gasteiger partial charge in [0.15, 0.2) is 5.78 Å². The summed E-state index contributed by atoms with van der Waals surface area (Å²) in [6, 6.07) is 10.7. The van der Waals surface area contributed by atoms with Gasteiger partial charge in [0.2, 0.25) is 0 Å². The third kappa shape index (κ3) is 2.73. The van der Waals surface area contributed by atoms with E-state index in [1.165, 1.54) is 6.92 Å². The van der Waals surface area contributed by atoms with Crippen molar-refractivity contribution in [2.45, 2.75) is 13.5 Å². The van der Waals surface area contributed by atoms with Crippen LogP contribution in [0.15, 0.2) is 42.6 Å². The maximum absolute atomic E-state index is 11.3. The van der Waals surface area contributed by atoms with E-state index in [1.54, 1.807) is 36.5 Å². The highest BCUT2D eigenvalue weighted by Gasteiger charge is 2.04. The number of nitrogens with zero attached hydrogens (tertiary/aromatic N) is 1. The van der Waals surface area contributed by atoms with Gasteiger partial charge in [0.1, 0.15) is 5.82 Å². The number of hydrogen-bond donors (Lipinski definition) is 2. The van der Waals surface area contributed by atoms with Gasteiger partial charge in [-0.2, -0.15) is 0 Å². The van der Waals surface area contributed by atoms with Crippen molar-refractivity contribution >= 4 is 17.3 Å². The molecule has 4 heteroatoms. The van der Waals surface area contributed by atoms with Crippen LogP contribution in [0.2, 0.25) is 0 Å². The summed E-state index contributed by atoms with van der Waals surface area (Å²) in [4.78, 5) is 15.5. The standard InChI is InChI=1S/C14H14N2O2/c1-10(18)11-4-2-6-13(8-11)16-14-12(9-17)5-3-7-15-14/h2-8,17H,9H2,1H3,(H,15,16). The van der Waals surface area contributed by atoms with Crippen LogP contribution in [0.5, 0.6) is 0 Å². The average Bonchev–Trinajstić information content (AvgIpc) is 2.39. The van der Waals surface area contributed by atoms with Crippen LogP contribution < -0.4 is 5.32 Å². The zero-order valence-corrected chi connectivity index (χ0v) is 10.1. The van der Waals surface area contributed by atoms with Crippen LogP contribution in [-0.2, 0) is 6.61 Å². The molecular weight excluding hydrogens is 228 g/mol. The number of rotatable bonds is 4. The molecular formula is C14H14N2O2. The first-order valence-corrected chi connectivity index (χ1v) is 5.63. The smallest absolute Gasteiger partial charge is 0.159 e. The zero-order valence-electron chi connectivity index (χ0n) is 10.1. The van der Waals surface area contributed by atoms with Crippen molar-refractivity contribution in [1.82, 2.24) is 4.98 Å². The number of anilines is 2. The van der Waals surface area contributed by atoms with E-state index < -0.39 is 0 Å². The van der Waals surface area contributed by atoms with Gasteiger partial charge < -0.3 is 10.4 Å². The number of pyridine rings is 1. The lowest BCUT2D eigenvalue weighted by Gasteiger charge is -2.09. The summed E-state index contributed by atoms with van der Waals surface area (Å²) < 4.78 is 0. The number of hydrogen-bond acceptors (Lipinski definition) is 4. The number of carbonyl (C=O) groups is 1. The van der Waals surface area contributed by atoms with Crippen LogP contribution in [0.3, 0.4) is 0 Å². The molecule has 0 bridgehead atoms. The maximum atomic E-state index is 11.3. The summed E-state index contributed by atoms with van der Waals surface area (Å²) in [6.07, 6.45) is 1.65. The van der Waals surface area contributed by atoms with Gasteiger partial charge >= 0.3 is 0 Å². The van der Waals surface area contributed by atoms with Crippen molar-refractivity contribution < 1.29 is 9.90 Å². The van der Waals surface area contributed by atoms with Crippen LogP contribution in [0.4, 0.5) is 11.5 Å². The third-order valence-electron chi connectivity index (χ3n) is 2.59. The Kier molecular flexibility index (Phi) is 3.69. The number of nitrogens with one attached hydrogen (secondary N) is 1. The molecule has 0 aliphatic carbocycles. The van der Waals surface area contributed by atoms with E-state index in [4.69, 9.17) is 0 Å². The lowest BCUT2D eigenvalue weighted by molar-refractivity contribution is 0.101. The number of aliphatic hydroxyl groups is 1. The molecule has 92 valence electrons. The van der Waals surface area contributed by atoms with E-state index in [0.29, 0.717) is 16.9 Å². The fourth-order valence-corrected chi connectivity index (χ4v) is 1.63. The van der Waals surface area contributed by atoms with Crippen LogP contribution in [0.1, 0.15) is 22.8 Å². The predicted octanol–water partition coefficient (Wildman–Crippen LogP) is 2.52. The number of benzene rings is 1. The number of carbonyl (C=O) groups excluding carboxylic acids is 1. The van der Waals surface area contributed by atoms with Crippen molar-refractivity contribution in [3.63, 3.8) is 0 Å². The van der Waals surface area contributed by atoms with Gasteiger partial charge in [0.25, 0.3) is 0 Å². The molecule has 0 saturated carbocycles. The lowest BCUT2D eigenvalue weighted by atomic mass is 10.1. The predicted molar refractivity (Wildman–Crippen MR) is 69.9 cm³/mol. The summed E-state index contributed by atoms with van der Waals surface area (Å²) in [7, 11) is 0. The molecule has 0 atom stereocenters. The highest BCUT2D eigenvalue weighted by Crippen LogP contribution is 2.19. The second-order valence-corrected chi connectivity index (χ2v) is 3.93. The molecule has 0 aliphatic heterocycles. The summed E-state index contributed by atoms with van der Waals surface area (Å²) >= 11 is 0. The molecule has 1 aromatic carbocycles. The Morgan fingerprint density at radius 1 is 1.33 bits per heavy atom. The number of aliphatic hydroxyl groups excluding tert-OH is 1. The molecule has 0 unspecified atom stereocenters. The Balaban J connectivity index is 2.28. The second-order valence-electron chi connectivity index (χ2n) is 3.93. The molecule has 2 N–H and O–H groups in total. The van der Waals surface area contributed by atoms with E-state index >= 15 is 0 Å². The Labute approximate surface area is 105 Å². The minimum absolute atomic E-state index is 0.0158. The summed E-state index contributed by atoms with van der Waals surface area (Å²) in [5.41, 5.74) is 2.13. The van der Waals surface area contributed by atoms with Gasteiger partial charge in [-0.15, -0.1) is 0 Å². The summed E-state index contributed by atoms with van der Waals surface area (Å²) in [6.45, 7) is 1.45. The molecule has 2 rings (SSSR count). The van der Waals surface area contributed by atoms with E-state index in [0.717, 1.165) is 5.69 Å². The van der Waals surface area contributed by atoms with Gasteiger partial charge in [0.05, 0.1) is 6.61 Å². The van der Waals surface area contributed by atoms with Gasteiger partial charge in [0, 0.05) is 23.0 Å². The minimum Gasteiger partial charge on any atom is -0.392 e. The van der Waals surface area contributed by atoms with Gasteiger partial charge in [-0.05, 0) is 25.1 Å². The Bertz CT molecular complexity index is 567. The first-order chi connectivity index (χ1) is 8.70. The highest BCUT2D eigenvalue weighted by molar-refractivity contribution is 5.95. The van der Waals surface area contributed by atoms with Crippen LogP contribution >= 0.6 is 0 Å². The van der Waals surface area contributed by atoms with Crippen molar-refractivity contribution in [3.8, 4) is 0 Å².